The van der Waals surface area contributed by atoms with Crippen molar-refractivity contribution >= 4 is 27.3 Å². The molecule has 1 saturated carbocycles. The molecule has 1 aromatic rings. The summed E-state index contributed by atoms with van der Waals surface area (Å²) in [6.07, 6.45) is 6.06. The molecule has 0 aromatic carbocycles. The molecule has 1 aliphatic carbocycles. The molecule has 0 bridgehead atoms. The van der Waals surface area contributed by atoms with Gasteiger partial charge in [-0.05, 0) is 74.1 Å². The molecule has 2 rings (SSSR count). The van der Waals surface area contributed by atoms with Gasteiger partial charge in [0.05, 0.1) is 0 Å². The van der Waals surface area contributed by atoms with Crippen molar-refractivity contribution in [1.29, 1.82) is 0 Å². The van der Waals surface area contributed by atoms with Crippen LogP contribution in [0.15, 0.2) is 15.9 Å². The van der Waals surface area contributed by atoms with Gasteiger partial charge in [-0.1, -0.05) is 6.92 Å². The summed E-state index contributed by atoms with van der Waals surface area (Å²) in [5, 5.41) is 2.15. The average Bonchev–Trinajstić information content (AvgIpc) is 2.75. The summed E-state index contributed by atoms with van der Waals surface area (Å²) in [6.45, 7) is 2.36. The summed E-state index contributed by atoms with van der Waals surface area (Å²) in [7, 11) is 4.39. The number of halogens is 1. The smallest absolute Gasteiger partial charge is 0.0358 e. The monoisotopic (exact) mass is 344 g/mol. The molecular formula is C15H25BrN2S. The highest BCUT2D eigenvalue weighted by Crippen LogP contribution is 2.38. The number of thiophene rings is 1. The largest absolute Gasteiger partial charge is 0.326 e. The maximum Gasteiger partial charge on any atom is 0.0358 e. The summed E-state index contributed by atoms with van der Waals surface area (Å²) in [4.78, 5) is 3.77. The Balaban J connectivity index is 2.10. The lowest BCUT2D eigenvalue weighted by molar-refractivity contribution is 0.0571. The first kappa shape index (κ1) is 15.5. The van der Waals surface area contributed by atoms with Crippen LogP contribution in [-0.2, 0) is 6.42 Å². The van der Waals surface area contributed by atoms with Crippen molar-refractivity contribution in [3.8, 4) is 0 Å². The average molecular weight is 345 g/mol. The normalized spacial score (nSPS) is 29.7. The van der Waals surface area contributed by atoms with Crippen LogP contribution in [0.2, 0.25) is 0 Å². The zero-order valence-electron chi connectivity index (χ0n) is 12.2. The van der Waals surface area contributed by atoms with Crippen molar-refractivity contribution in [2.45, 2.75) is 50.6 Å². The predicted molar refractivity (Wildman–Crippen MR) is 87.7 cm³/mol. The van der Waals surface area contributed by atoms with Gasteiger partial charge in [0.2, 0.25) is 0 Å². The Morgan fingerprint density at radius 2 is 2.11 bits per heavy atom. The zero-order chi connectivity index (χ0) is 14.0. The lowest BCUT2D eigenvalue weighted by atomic mass is 9.71. The zero-order valence-corrected chi connectivity index (χ0v) is 14.6. The van der Waals surface area contributed by atoms with E-state index < -0.39 is 0 Å². The lowest BCUT2D eigenvalue weighted by Gasteiger charge is -2.48. The number of nitrogens with two attached hydrogens (primary N) is 1. The van der Waals surface area contributed by atoms with Crippen LogP contribution < -0.4 is 5.73 Å². The van der Waals surface area contributed by atoms with Crippen LogP contribution in [-0.4, -0.2) is 30.6 Å². The predicted octanol–water partition coefficient (Wildman–Crippen LogP) is 3.89. The van der Waals surface area contributed by atoms with Gasteiger partial charge in [0.25, 0.3) is 0 Å². The van der Waals surface area contributed by atoms with E-state index >= 15 is 0 Å². The highest BCUT2D eigenvalue weighted by Gasteiger charge is 2.41. The third-order valence-corrected chi connectivity index (χ3v) is 6.48. The van der Waals surface area contributed by atoms with E-state index in [9.17, 15) is 0 Å². The van der Waals surface area contributed by atoms with E-state index in [0.29, 0.717) is 0 Å². The molecule has 0 saturated heterocycles. The summed E-state index contributed by atoms with van der Waals surface area (Å²) < 4.78 is 1.18. The molecule has 1 aromatic heterocycles. The van der Waals surface area contributed by atoms with Gasteiger partial charge in [-0.3, -0.25) is 0 Å². The Kier molecular flexibility index (Phi) is 5.09. The van der Waals surface area contributed by atoms with Gasteiger partial charge in [0.15, 0.2) is 0 Å². The van der Waals surface area contributed by atoms with E-state index in [-0.39, 0.29) is 11.6 Å². The van der Waals surface area contributed by atoms with Crippen LogP contribution in [0.4, 0.5) is 0 Å². The van der Waals surface area contributed by atoms with E-state index in [1.54, 1.807) is 0 Å². The molecular weight excluding hydrogens is 320 g/mol. The molecule has 0 radical (unpaired) electrons. The number of likely N-dealkylation sites (N-methyl/N-ethyl adjacent to an activating group) is 1. The second kappa shape index (κ2) is 6.25. The Labute approximate surface area is 129 Å². The maximum atomic E-state index is 6.62. The van der Waals surface area contributed by atoms with Gasteiger partial charge in [-0.2, -0.15) is 0 Å². The summed E-state index contributed by atoms with van der Waals surface area (Å²) in [5.41, 5.74) is 6.80. The molecule has 1 aliphatic rings. The number of nitrogens with zero attached hydrogens (tertiary/aromatic N) is 1. The van der Waals surface area contributed by atoms with E-state index in [1.807, 2.05) is 11.3 Å². The number of hydrogen-bond donors (Lipinski definition) is 1. The van der Waals surface area contributed by atoms with Gasteiger partial charge in [0.1, 0.15) is 0 Å². The van der Waals surface area contributed by atoms with Crippen molar-refractivity contribution in [2.75, 3.05) is 14.1 Å². The molecule has 1 unspecified atom stereocenters. The SMILES string of the molecule is CC1CCC(C(N)Cc2cc(Br)cs2)(N(C)C)CC1. The highest BCUT2D eigenvalue weighted by molar-refractivity contribution is 9.10. The van der Waals surface area contributed by atoms with Gasteiger partial charge >= 0.3 is 0 Å². The Morgan fingerprint density at radius 3 is 2.58 bits per heavy atom. The first-order valence-corrected chi connectivity index (χ1v) is 8.77. The van der Waals surface area contributed by atoms with Crippen molar-refractivity contribution in [2.24, 2.45) is 11.7 Å². The molecule has 108 valence electrons. The Bertz CT molecular complexity index is 408. The Morgan fingerprint density at radius 1 is 1.47 bits per heavy atom. The van der Waals surface area contributed by atoms with E-state index in [4.69, 9.17) is 5.73 Å². The van der Waals surface area contributed by atoms with Crippen molar-refractivity contribution in [1.82, 2.24) is 4.90 Å². The molecule has 1 fully saturated rings. The maximum absolute atomic E-state index is 6.62. The minimum absolute atomic E-state index is 0.184. The van der Waals surface area contributed by atoms with Crippen LogP contribution >= 0.6 is 27.3 Å². The van der Waals surface area contributed by atoms with Crippen LogP contribution in [0.5, 0.6) is 0 Å². The first-order chi connectivity index (χ1) is 8.94. The molecule has 1 atom stereocenters. The standard InChI is InChI=1S/C15H25BrN2S/c1-11-4-6-15(7-5-11,18(2)3)14(17)9-13-8-12(16)10-19-13/h8,10-11,14H,4-7,9,17H2,1-3H3. The third-order valence-electron chi connectivity index (χ3n) is 4.76. The molecule has 0 aliphatic heterocycles. The summed E-state index contributed by atoms with van der Waals surface area (Å²) in [5.74, 6) is 0.858. The lowest BCUT2D eigenvalue weighted by Crippen LogP contribution is -2.59. The fourth-order valence-electron chi connectivity index (χ4n) is 3.28. The second-order valence-electron chi connectivity index (χ2n) is 6.22. The van der Waals surface area contributed by atoms with E-state index in [0.717, 1.165) is 12.3 Å². The van der Waals surface area contributed by atoms with Gasteiger partial charge in [-0.15, -0.1) is 11.3 Å². The molecule has 1 heterocycles. The molecule has 19 heavy (non-hydrogen) atoms. The van der Waals surface area contributed by atoms with Gasteiger partial charge in [-0.25, -0.2) is 0 Å². The van der Waals surface area contributed by atoms with Crippen molar-refractivity contribution in [3.05, 3.63) is 20.8 Å². The van der Waals surface area contributed by atoms with Crippen molar-refractivity contribution in [3.63, 3.8) is 0 Å². The summed E-state index contributed by atoms with van der Waals surface area (Å²) >= 11 is 5.33. The molecule has 2 N–H and O–H groups in total. The van der Waals surface area contributed by atoms with E-state index in [1.165, 1.54) is 35.0 Å². The van der Waals surface area contributed by atoms with Crippen LogP contribution in [0.1, 0.15) is 37.5 Å². The molecule has 4 heteroatoms. The highest BCUT2D eigenvalue weighted by atomic mass is 79.9. The van der Waals surface area contributed by atoms with Crippen LogP contribution in [0.3, 0.4) is 0 Å². The van der Waals surface area contributed by atoms with E-state index in [2.05, 4.69) is 53.3 Å². The number of rotatable bonds is 4. The quantitative estimate of drug-likeness (QED) is 0.897. The minimum atomic E-state index is 0.184. The summed E-state index contributed by atoms with van der Waals surface area (Å²) in [6, 6.07) is 2.43. The molecule has 0 amide bonds. The third kappa shape index (κ3) is 3.41. The van der Waals surface area contributed by atoms with Gasteiger partial charge < -0.3 is 10.6 Å². The molecule has 0 spiro atoms. The second-order valence-corrected chi connectivity index (χ2v) is 8.13. The topological polar surface area (TPSA) is 29.3 Å². The molecule has 2 nitrogen and oxygen atoms in total. The van der Waals surface area contributed by atoms with Gasteiger partial charge in [0, 0.05) is 26.3 Å². The van der Waals surface area contributed by atoms with Crippen LogP contribution in [0, 0.1) is 5.92 Å². The van der Waals surface area contributed by atoms with Crippen molar-refractivity contribution < 1.29 is 0 Å². The Hall–Kier alpha value is 0.1000. The number of hydrogen-bond acceptors (Lipinski definition) is 3. The fraction of sp³-hybridized carbons (Fsp3) is 0.733. The van der Waals surface area contributed by atoms with Crippen LogP contribution in [0.25, 0.3) is 0 Å². The first-order valence-electron chi connectivity index (χ1n) is 7.10. The fourth-order valence-corrected chi connectivity index (χ4v) is 4.79. The minimum Gasteiger partial charge on any atom is -0.326 e.